The number of aromatic nitrogens is 2. The summed E-state index contributed by atoms with van der Waals surface area (Å²) in [7, 11) is 0. The summed E-state index contributed by atoms with van der Waals surface area (Å²) in [5.74, 6) is -0.604. The summed E-state index contributed by atoms with van der Waals surface area (Å²) in [6, 6.07) is 11.1. The summed E-state index contributed by atoms with van der Waals surface area (Å²) < 4.78 is 39.6. The van der Waals surface area contributed by atoms with Crippen molar-refractivity contribution in [1.82, 2.24) is 20.4 Å². The summed E-state index contributed by atoms with van der Waals surface area (Å²) in [5, 5.41) is 10.2. The molecule has 4 rings (SSSR count). The molecule has 3 aromatic rings. The molecule has 2 N–H and O–H groups in total. The van der Waals surface area contributed by atoms with Crippen LogP contribution in [-0.4, -0.2) is 40.0 Å². The van der Waals surface area contributed by atoms with Crippen LogP contribution >= 0.6 is 0 Å². The lowest BCUT2D eigenvalue weighted by atomic mass is 10.0. The summed E-state index contributed by atoms with van der Waals surface area (Å²) in [6.07, 6.45) is -3.42. The standard InChI is InChI=1S/C21H19F3N4O2/c22-21(23,24)14-6-3-5-13(11-14)17(12-28-10-4-9-18(28)29)25-20(30)19-15-7-1-2-8-16(15)26-27-19/h1-3,5-8,11,17H,4,9-10,12H2,(H,25,30)(H,26,27). The molecule has 0 saturated carbocycles. The van der Waals surface area contributed by atoms with Crippen molar-refractivity contribution in [1.29, 1.82) is 0 Å². The van der Waals surface area contributed by atoms with Crippen LogP contribution in [0.3, 0.4) is 0 Å². The second-order valence-electron chi connectivity index (χ2n) is 7.21. The van der Waals surface area contributed by atoms with E-state index in [1.165, 1.54) is 12.1 Å². The number of H-pyrrole nitrogens is 1. The van der Waals surface area contributed by atoms with Crippen LogP contribution in [0.5, 0.6) is 0 Å². The zero-order valence-corrected chi connectivity index (χ0v) is 15.9. The first-order valence-electron chi connectivity index (χ1n) is 9.52. The van der Waals surface area contributed by atoms with E-state index < -0.39 is 23.7 Å². The number of aromatic amines is 1. The third kappa shape index (κ3) is 4.00. The van der Waals surface area contributed by atoms with E-state index >= 15 is 0 Å². The van der Waals surface area contributed by atoms with E-state index in [0.717, 1.165) is 12.1 Å². The number of halogens is 3. The Labute approximate surface area is 170 Å². The topological polar surface area (TPSA) is 78.1 Å². The highest BCUT2D eigenvalue weighted by molar-refractivity contribution is 6.04. The van der Waals surface area contributed by atoms with Gasteiger partial charge in [0.1, 0.15) is 0 Å². The summed E-state index contributed by atoms with van der Waals surface area (Å²) >= 11 is 0. The number of carbonyl (C=O) groups excluding carboxylic acids is 2. The molecule has 1 aliphatic heterocycles. The highest BCUT2D eigenvalue weighted by Gasteiger charge is 2.32. The van der Waals surface area contributed by atoms with Gasteiger partial charge < -0.3 is 10.2 Å². The fourth-order valence-corrected chi connectivity index (χ4v) is 3.65. The molecule has 0 radical (unpaired) electrons. The summed E-state index contributed by atoms with van der Waals surface area (Å²) in [6.45, 7) is 0.601. The molecule has 1 fully saturated rings. The maximum atomic E-state index is 13.2. The van der Waals surface area contributed by atoms with Gasteiger partial charge in [0.05, 0.1) is 17.1 Å². The monoisotopic (exact) mass is 416 g/mol. The lowest BCUT2D eigenvalue weighted by molar-refractivity contribution is -0.137. The Kier molecular flexibility index (Phi) is 5.19. The smallest absolute Gasteiger partial charge is 0.342 e. The van der Waals surface area contributed by atoms with E-state index in [2.05, 4.69) is 15.5 Å². The first kappa shape index (κ1) is 19.9. The minimum absolute atomic E-state index is 0.0774. The highest BCUT2D eigenvalue weighted by atomic mass is 19.4. The Bertz CT molecular complexity index is 1090. The zero-order chi connectivity index (χ0) is 21.3. The maximum Gasteiger partial charge on any atom is 0.416 e. The van der Waals surface area contributed by atoms with E-state index in [1.54, 1.807) is 29.2 Å². The van der Waals surface area contributed by atoms with Crippen LogP contribution in [0.2, 0.25) is 0 Å². The van der Waals surface area contributed by atoms with E-state index in [4.69, 9.17) is 0 Å². The number of alkyl halides is 3. The van der Waals surface area contributed by atoms with Gasteiger partial charge in [0.25, 0.3) is 5.91 Å². The molecule has 1 unspecified atom stereocenters. The number of carbonyl (C=O) groups is 2. The normalized spacial score (nSPS) is 15.6. The SMILES string of the molecule is O=C(NC(CN1CCCC1=O)c1cccc(C(F)(F)F)c1)c1n[nH]c2ccccc12. The van der Waals surface area contributed by atoms with E-state index in [0.29, 0.717) is 30.3 Å². The highest BCUT2D eigenvalue weighted by Crippen LogP contribution is 2.31. The maximum absolute atomic E-state index is 13.2. The minimum atomic E-state index is -4.51. The molecule has 1 aliphatic rings. The number of rotatable bonds is 5. The van der Waals surface area contributed by atoms with Gasteiger partial charge in [0.2, 0.25) is 5.91 Å². The van der Waals surface area contributed by atoms with Crippen molar-refractivity contribution in [2.75, 3.05) is 13.1 Å². The van der Waals surface area contributed by atoms with Crippen molar-refractivity contribution in [3.05, 3.63) is 65.4 Å². The number of para-hydroxylation sites is 1. The number of nitrogens with one attached hydrogen (secondary N) is 2. The number of nitrogens with zero attached hydrogens (tertiary/aromatic N) is 2. The van der Waals surface area contributed by atoms with Gasteiger partial charge >= 0.3 is 6.18 Å². The molecule has 0 spiro atoms. The minimum Gasteiger partial charge on any atom is -0.342 e. The van der Waals surface area contributed by atoms with Crippen LogP contribution < -0.4 is 5.32 Å². The van der Waals surface area contributed by atoms with Gasteiger partial charge in [-0.2, -0.15) is 18.3 Å². The number of benzene rings is 2. The first-order chi connectivity index (χ1) is 14.3. The summed E-state index contributed by atoms with van der Waals surface area (Å²) in [5.41, 5.74) is 0.290. The Hall–Kier alpha value is -3.36. The van der Waals surface area contributed by atoms with Crippen molar-refractivity contribution >= 4 is 22.7 Å². The average molecular weight is 416 g/mol. The van der Waals surface area contributed by atoms with Gasteiger partial charge in [0, 0.05) is 24.9 Å². The van der Waals surface area contributed by atoms with E-state index in [1.807, 2.05) is 0 Å². The molecule has 0 bridgehead atoms. The molecule has 2 amide bonds. The number of fused-ring (bicyclic) bond motifs is 1. The van der Waals surface area contributed by atoms with Crippen molar-refractivity contribution in [2.45, 2.75) is 25.1 Å². The molecule has 9 heteroatoms. The van der Waals surface area contributed by atoms with Gasteiger partial charge in [-0.15, -0.1) is 0 Å². The number of hydrogen-bond acceptors (Lipinski definition) is 3. The van der Waals surface area contributed by atoms with Crippen LogP contribution in [-0.2, 0) is 11.0 Å². The Balaban J connectivity index is 1.65. The van der Waals surface area contributed by atoms with Crippen molar-refractivity contribution in [3.8, 4) is 0 Å². The van der Waals surface area contributed by atoms with Crippen LogP contribution in [0.15, 0.2) is 48.5 Å². The molecule has 30 heavy (non-hydrogen) atoms. The second-order valence-corrected chi connectivity index (χ2v) is 7.21. The van der Waals surface area contributed by atoms with Crippen molar-refractivity contribution in [3.63, 3.8) is 0 Å². The number of hydrogen-bond donors (Lipinski definition) is 2. The van der Waals surface area contributed by atoms with Crippen LogP contribution in [0.25, 0.3) is 10.9 Å². The Morgan fingerprint density at radius 2 is 2.00 bits per heavy atom. The molecule has 2 aromatic carbocycles. The Morgan fingerprint density at radius 3 is 2.73 bits per heavy atom. The molecular weight excluding hydrogens is 397 g/mol. The number of amides is 2. The molecule has 0 aliphatic carbocycles. The van der Waals surface area contributed by atoms with Gasteiger partial charge in [0.15, 0.2) is 5.69 Å². The predicted octanol–water partition coefficient (Wildman–Crippen LogP) is 3.68. The third-order valence-corrected chi connectivity index (χ3v) is 5.18. The van der Waals surface area contributed by atoms with E-state index in [9.17, 15) is 22.8 Å². The van der Waals surface area contributed by atoms with Crippen molar-refractivity contribution in [2.24, 2.45) is 0 Å². The molecule has 1 aromatic heterocycles. The van der Waals surface area contributed by atoms with Crippen LogP contribution in [0.4, 0.5) is 13.2 Å². The Morgan fingerprint density at radius 1 is 1.20 bits per heavy atom. The third-order valence-electron chi connectivity index (χ3n) is 5.18. The zero-order valence-electron chi connectivity index (χ0n) is 15.9. The van der Waals surface area contributed by atoms with Gasteiger partial charge in [-0.3, -0.25) is 14.7 Å². The fraction of sp³-hybridized carbons (Fsp3) is 0.286. The molecule has 1 atom stereocenters. The fourth-order valence-electron chi connectivity index (χ4n) is 3.65. The molecule has 156 valence electrons. The van der Waals surface area contributed by atoms with Gasteiger partial charge in [-0.25, -0.2) is 0 Å². The quantitative estimate of drug-likeness (QED) is 0.666. The molecule has 2 heterocycles. The predicted molar refractivity (Wildman–Crippen MR) is 104 cm³/mol. The second kappa shape index (κ2) is 7.81. The largest absolute Gasteiger partial charge is 0.416 e. The van der Waals surface area contributed by atoms with Crippen LogP contribution in [0, 0.1) is 0 Å². The molecular formula is C21H19F3N4O2. The van der Waals surface area contributed by atoms with Gasteiger partial charge in [-0.1, -0.05) is 30.3 Å². The van der Waals surface area contributed by atoms with E-state index in [-0.39, 0.29) is 23.7 Å². The first-order valence-corrected chi connectivity index (χ1v) is 9.52. The van der Waals surface area contributed by atoms with Crippen molar-refractivity contribution < 1.29 is 22.8 Å². The van der Waals surface area contributed by atoms with Gasteiger partial charge in [-0.05, 0) is 30.2 Å². The lowest BCUT2D eigenvalue weighted by Crippen LogP contribution is -2.39. The average Bonchev–Trinajstić information content (AvgIpc) is 3.33. The number of likely N-dealkylation sites (tertiary alicyclic amines) is 1. The lowest BCUT2D eigenvalue weighted by Gasteiger charge is -2.25. The molecule has 6 nitrogen and oxygen atoms in total. The summed E-state index contributed by atoms with van der Waals surface area (Å²) in [4.78, 5) is 26.6. The molecule has 1 saturated heterocycles. The van der Waals surface area contributed by atoms with Crippen LogP contribution in [0.1, 0.15) is 40.5 Å².